The molecule has 0 radical (unpaired) electrons. The van der Waals surface area contributed by atoms with Crippen LogP contribution in [0.1, 0.15) is 5.01 Å². The summed E-state index contributed by atoms with van der Waals surface area (Å²) < 4.78 is 28.6. The Kier molecular flexibility index (Phi) is 5.49. The number of aromatic nitrogens is 1. The molecule has 0 aliphatic carbocycles. The molecule has 0 atom stereocenters. The maximum absolute atomic E-state index is 12.2. The van der Waals surface area contributed by atoms with Gasteiger partial charge in [-0.25, -0.2) is 13.1 Å². The lowest BCUT2D eigenvalue weighted by molar-refractivity contribution is -0.655. The average Bonchev–Trinajstić information content (AvgIpc) is 3.20. The molecular formula is C16H12BrClN3O3S4+. The number of nitrogens with one attached hydrogen (secondary N) is 2. The van der Waals surface area contributed by atoms with Crippen LogP contribution in [-0.4, -0.2) is 20.6 Å². The first-order valence-corrected chi connectivity index (χ1v) is 13.3. The number of rotatable bonds is 4. The number of fused-ring (bicyclic) bond motifs is 2. The number of nitrogens with zero attached hydrogens (tertiary/aromatic N) is 1. The number of halogens is 2. The van der Waals surface area contributed by atoms with Gasteiger partial charge < -0.3 is 5.32 Å². The van der Waals surface area contributed by atoms with Crippen molar-refractivity contribution in [2.45, 2.75) is 11.4 Å². The van der Waals surface area contributed by atoms with Gasteiger partial charge in [0.05, 0.1) is 26.8 Å². The summed E-state index contributed by atoms with van der Waals surface area (Å²) in [7, 11) is -3.61. The molecule has 146 valence electrons. The first-order chi connectivity index (χ1) is 13.2. The second-order valence-corrected chi connectivity index (χ2v) is 12.9. The Hall–Kier alpha value is -1.11. The van der Waals surface area contributed by atoms with Crippen LogP contribution in [0.5, 0.6) is 0 Å². The molecule has 3 aromatic rings. The van der Waals surface area contributed by atoms with Gasteiger partial charge in [0.25, 0.3) is 10.9 Å². The Morgan fingerprint density at radius 3 is 2.89 bits per heavy atom. The van der Waals surface area contributed by atoms with E-state index in [0.29, 0.717) is 5.02 Å². The first-order valence-electron chi connectivity index (χ1n) is 7.76. The van der Waals surface area contributed by atoms with Gasteiger partial charge in [-0.1, -0.05) is 34.7 Å². The lowest BCUT2D eigenvalue weighted by Crippen LogP contribution is -2.45. The molecule has 0 spiro atoms. The fraction of sp³-hybridized carbons (Fsp3) is 0.125. The van der Waals surface area contributed by atoms with Crippen LogP contribution in [0.2, 0.25) is 5.02 Å². The molecule has 1 aromatic carbocycles. The Balaban J connectivity index is 1.69. The van der Waals surface area contributed by atoms with Crippen LogP contribution >= 0.6 is 62.0 Å². The molecule has 0 unspecified atom stereocenters. The lowest BCUT2D eigenvalue weighted by atomic mass is 10.3. The van der Waals surface area contributed by atoms with Crippen molar-refractivity contribution in [3.63, 3.8) is 0 Å². The van der Waals surface area contributed by atoms with Crippen molar-refractivity contribution in [2.75, 3.05) is 11.6 Å². The normalized spacial score (nSPS) is 15.0. The number of benzene rings is 1. The number of thiazole rings is 1. The third kappa shape index (κ3) is 4.39. The van der Waals surface area contributed by atoms with Crippen molar-refractivity contribution < 1.29 is 17.8 Å². The van der Waals surface area contributed by atoms with E-state index in [1.807, 2.05) is 39.6 Å². The Morgan fingerprint density at radius 2 is 2.14 bits per heavy atom. The number of carbonyl (C=O) groups is 1. The highest BCUT2D eigenvalue weighted by Crippen LogP contribution is 2.43. The van der Waals surface area contributed by atoms with Crippen molar-refractivity contribution in [3.05, 3.63) is 43.1 Å². The van der Waals surface area contributed by atoms with E-state index in [4.69, 9.17) is 11.6 Å². The van der Waals surface area contributed by atoms with E-state index in [0.717, 1.165) is 40.2 Å². The summed E-state index contributed by atoms with van der Waals surface area (Å²) >= 11 is 14.2. The van der Waals surface area contributed by atoms with E-state index >= 15 is 0 Å². The SMILES string of the molecule is CS(=O)(=O)NC(=O)C[n+]1c(/C=C2/Nc3cc(Cl)ccc3S2)sc2sc(Br)cc21. The maximum atomic E-state index is 12.2. The van der Waals surface area contributed by atoms with Crippen LogP contribution in [0.25, 0.3) is 15.6 Å². The van der Waals surface area contributed by atoms with Gasteiger partial charge in [0.15, 0.2) is 4.01 Å². The van der Waals surface area contributed by atoms with Gasteiger partial charge in [-0.2, -0.15) is 4.57 Å². The number of thiophene rings is 1. The van der Waals surface area contributed by atoms with E-state index in [9.17, 15) is 13.2 Å². The highest BCUT2D eigenvalue weighted by molar-refractivity contribution is 9.11. The van der Waals surface area contributed by atoms with Gasteiger partial charge in [-0.15, -0.1) is 11.3 Å². The molecule has 0 fully saturated rings. The molecule has 0 saturated heterocycles. The van der Waals surface area contributed by atoms with E-state index < -0.39 is 15.9 Å². The molecule has 28 heavy (non-hydrogen) atoms. The van der Waals surface area contributed by atoms with Gasteiger partial charge in [-0.05, 0) is 34.1 Å². The second kappa shape index (κ2) is 7.62. The van der Waals surface area contributed by atoms with Crippen molar-refractivity contribution in [3.8, 4) is 0 Å². The second-order valence-electron chi connectivity index (χ2n) is 5.92. The molecule has 4 rings (SSSR count). The molecule has 6 nitrogen and oxygen atoms in total. The molecule has 2 aromatic heterocycles. The summed E-state index contributed by atoms with van der Waals surface area (Å²) in [6, 6.07) is 7.58. The summed E-state index contributed by atoms with van der Waals surface area (Å²) in [5.41, 5.74) is 1.81. The van der Waals surface area contributed by atoms with Gasteiger partial charge in [0, 0.05) is 16.0 Å². The Bertz CT molecular complexity index is 1250. The fourth-order valence-electron chi connectivity index (χ4n) is 2.66. The van der Waals surface area contributed by atoms with Crippen LogP contribution in [0.15, 0.2) is 38.0 Å². The van der Waals surface area contributed by atoms with Crippen LogP contribution < -0.4 is 14.6 Å². The minimum atomic E-state index is -3.61. The summed E-state index contributed by atoms with van der Waals surface area (Å²) in [6.07, 6.45) is 2.92. The number of carbonyl (C=O) groups excluding carboxylic acids is 1. The van der Waals surface area contributed by atoms with Gasteiger partial charge in [0.2, 0.25) is 22.1 Å². The van der Waals surface area contributed by atoms with Crippen molar-refractivity contribution in [1.29, 1.82) is 0 Å². The van der Waals surface area contributed by atoms with Crippen molar-refractivity contribution >= 4 is 99.2 Å². The Labute approximate surface area is 186 Å². The number of hydrogen-bond acceptors (Lipinski definition) is 7. The smallest absolute Gasteiger partial charge is 0.299 e. The van der Waals surface area contributed by atoms with Crippen LogP contribution in [0.3, 0.4) is 0 Å². The predicted molar refractivity (Wildman–Crippen MR) is 119 cm³/mol. The Morgan fingerprint density at radius 1 is 1.36 bits per heavy atom. The van der Waals surface area contributed by atoms with Gasteiger partial charge in [0.1, 0.15) is 0 Å². The fourth-order valence-corrected chi connectivity index (χ4v) is 7.56. The molecule has 3 heterocycles. The summed E-state index contributed by atoms with van der Waals surface area (Å²) in [6.45, 7) is -0.0984. The average molecular weight is 538 g/mol. The van der Waals surface area contributed by atoms with E-state index in [2.05, 4.69) is 21.2 Å². The quantitative estimate of drug-likeness (QED) is 0.486. The van der Waals surface area contributed by atoms with Crippen molar-refractivity contribution in [1.82, 2.24) is 4.72 Å². The van der Waals surface area contributed by atoms with E-state index in [1.165, 1.54) is 11.3 Å². The summed E-state index contributed by atoms with van der Waals surface area (Å²) in [5.74, 6) is -0.587. The van der Waals surface area contributed by atoms with Gasteiger partial charge in [-0.3, -0.25) is 4.79 Å². The first kappa shape index (κ1) is 20.2. The molecule has 12 heteroatoms. The number of sulfonamides is 1. The zero-order chi connectivity index (χ0) is 20.1. The topological polar surface area (TPSA) is 79.2 Å². The zero-order valence-electron chi connectivity index (χ0n) is 14.2. The van der Waals surface area contributed by atoms with Gasteiger partial charge >= 0.3 is 0 Å². The minimum absolute atomic E-state index is 0.0984. The largest absolute Gasteiger partial charge is 0.349 e. The van der Waals surface area contributed by atoms with Crippen LogP contribution in [0, 0.1) is 0 Å². The van der Waals surface area contributed by atoms with E-state index in [-0.39, 0.29) is 6.54 Å². The van der Waals surface area contributed by atoms with Crippen LogP contribution in [-0.2, 0) is 21.4 Å². The standard InChI is InChI=1S/C16H11BrClN3O3S4/c1-28(23,24)20-13(22)7-21-10-5-12(17)26-16(10)27-15(21)6-14-19-9-4-8(18)2-3-11(9)25-14/h2-6H,7H2,1H3,(H,20,22)/p+1. The highest BCUT2D eigenvalue weighted by atomic mass is 79.9. The predicted octanol–water partition coefficient (Wildman–Crippen LogP) is 4.26. The molecule has 1 amide bonds. The molecule has 0 bridgehead atoms. The highest BCUT2D eigenvalue weighted by Gasteiger charge is 2.27. The summed E-state index contributed by atoms with van der Waals surface area (Å²) in [5, 5.41) is 5.72. The maximum Gasteiger partial charge on any atom is 0.299 e. The molecule has 0 saturated carbocycles. The number of anilines is 1. The van der Waals surface area contributed by atoms with E-state index in [1.54, 1.807) is 23.1 Å². The molecular weight excluding hydrogens is 526 g/mol. The molecule has 1 aliphatic heterocycles. The lowest BCUT2D eigenvalue weighted by Gasteiger charge is -2.00. The molecule has 2 N–H and O–H groups in total. The number of amides is 1. The monoisotopic (exact) mass is 536 g/mol. The third-order valence-electron chi connectivity index (χ3n) is 3.68. The number of hydrogen-bond donors (Lipinski definition) is 2. The minimum Gasteiger partial charge on any atom is -0.349 e. The zero-order valence-corrected chi connectivity index (χ0v) is 19.8. The van der Waals surface area contributed by atoms with Crippen LogP contribution in [0.4, 0.5) is 5.69 Å². The number of thioether (sulfide) groups is 1. The molecule has 1 aliphatic rings. The van der Waals surface area contributed by atoms with Crippen molar-refractivity contribution in [2.24, 2.45) is 0 Å². The summed E-state index contributed by atoms with van der Waals surface area (Å²) in [4.78, 5) is 13.3. The third-order valence-corrected chi connectivity index (χ3v) is 8.39.